The predicted molar refractivity (Wildman–Crippen MR) is 90.6 cm³/mol. The maximum absolute atomic E-state index is 6.02. The van der Waals surface area contributed by atoms with Gasteiger partial charge in [-0.1, -0.05) is 47.6 Å². The molecule has 2 N–H and O–H groups in total. The number of benzene rings is 2. The second-order valence-corrected chi connectivity index (χ2v) is 5.75. The quantitative estimate of drug-likeness (QED) is 0.868. The molecule has 0 bridgehead atoms. The number of nitrogens with two attached hydrogens (primary N) is 1. The lowest BCUT2D eigenvalue weighted by Crippen LogP contribution is -2.21. The van der Waals surface area contributed by atoms with E-state index >= 15 is 0 Å². The summed E-state index contributed by atoms with van der Waals surface area (Å²) in [6.07, 6.45) is 0. The molecule has 0 saturated heterocycles. The van der Waals surface area contributed by atoms with Crippen LogP contribution in [0.15, 0.2) is 42.5 Å². The monoisotopic (exact) mass is 304 g/mol. The molecule has 0 amide bonds. The normalized spacial score (nSPS) is 10.3. The first kappa shape index (κ1) is 14.8. The first-order valence-corrected chi connectivity index (χ1v) is 7.12. The van der Waals surface area contributed by atoms with Crippen molar-refractivity contribution in [2.45, 2.75) is 13.5 Å². The summed E-state index contributed by atoms with van der Waals surface area (Å²) in [5.74, 6) is 0. The molecule has 0 spiro atoms. The molecule has 0 heterocycles. The largest absolute Gasteiger partial charge is 0.389 e. The van der Waals surface area contributed by atoms with Crippen LogP contribution in [0.1, 0.15) is 16.7 Å². The molecule has 0 fully saturated rings. The number of hydrogen-bond acceptors (Lipinski definition) is 2. The van der Waals surface area contributed by atoms with Gasteiger partial charge in [-0.3, -0.25) is 0 Å². The fraction of sp³-hybridized carbons (Fsp3) is 0.188. The van der Waals surface area contributed by atoms with Crippen molar-refractivity contribution in [3.63, 3.8) is 0 Å². The molecule has 2 nitrogen and oxygen atoms in total. The molecule has 0 aliphatic heterocycles. The van der Waals surface area contributed by atoms with Crippen LogP contribution >= 0.6 is 23.8 Å². The number of rotatable bonds is 4. The molecule has 2 rings (SSSR count). The maximum Gasteiger partial charge on any atom is 0.106 e. The van der Waals surface area contributed by atoms with Gasteiger partial charge in [0.1, 0.15) is 4.99 Å². The summed E-state index contributed by atoms with van der Waals surface area (Å²) in [5, 5.41) is 0.745. The molecule has 20 heavy (non-hydrogen) atoms. The molecule has 2 aromatic carbocycles. The van der Waals surface area contributed by atoms with Gasteiger partial charge in [-0.05, 0) is 36.8 Å². The zero-order valence-electron chi connectivity index (χ0n) is 11.6. The van der Waals surface area contributed by atoms with Gasteiger partial charge in [-0.15, -0.1) is 0 Å². The van der Waals surface area contributed by atoms with Crippen LogP contribution in [0.4, 0.5) is 5.69 Å². The van der Waals surface area contributed by atoms with Crippen molar-refractivity contribution in [2.75, 3.05) is 11.9 Å². The molecular weight excluding hydrogens is 288 g/mol. The second kappa shape index (κ2) is 6.25. The molecule has 4 heteroatoms. The third-order valence-electron chi connectivity index (χ3n) is 3.14. The molecule has 0 unspecified atom stereocenters. The molecule has 0 aliphatic rings. The molecule has 2 aromatic rings. The Kier molecular flexibility index (Phi) is 4.63. The van der Waals surface area contributed by atoms with Crippen molar-refractivity contribution < 1.29 is 0 Å². The first-order valence-electron chi connectivity index (χ1n) is 6.33. The lowest BCUT2D eigenvalue weighted by molar-refractivity contribution is 0.921. The van der Waals surface area contributed by atoms with Crippen LogP contribution in [0.3, 0.4) is 0 Å². The molecule has 0 aromatic heterocycles. The van der Waals surface area contributed by atoms with E-state index in [1.165, 1.54) is 0 Å². The lowest BCUT2D eigenvalue weighted by atomic mass is 10.1. The summed E-state index contributed by atoms with van der Waals surface area (Å²) in [5.41, 5.74) is 10.1. The topological polar surface area (TPSA) is 29.3 Å². The Morgan fingerprint density at radius 2 is 2.00 bits per heavy atom. The van der Waals surface area contributed by atoms with E-state index in [1.807, 2.05) is 44.3 Å². The minimum atomic E-state index is 0.418. The SMILES string of the molecule is Cc1ccc(N(C)Cc2cccc(Cl)c2)c(C(N)=S)c1. The number of aryl methyl sites for hydroxylation is 1. The minimum absolute atomic E-state index is 0.418. The molecule has 0 radical (unpaired) electrons. The van der Waals surface area contributed by atoms with E-state index in [4.69, 9.17) is 29.6 Å². The Morgan fingerprint density at radius 3 is 2.65 bits per heavy atom. The van der Waals surface area contributed by atoms with E-state index in [9.17, 15) is 0 Å². The highest BCUT2D eigenvalue weighted by atomic mass is 35.5. The van der Waals surface area contributed by atoms with Crippen molar-refractivity contribution in [3.05, 3.63) is 64.2 Å². The van der Waals surface area contributed by atoms with Crippen molar-refractivity contribution >= 4 is 34.5 Å². The van der Waals surface area contributed by atoms with Crippen LogP contribution in [0.2, 0.25) is 5.02 Å². The number of nitrogens with zero attached hydrogens (tertiary/aromatic N) is 1. The highest BCUT2D eigenvalue weighted by Crippen LogP contribution is 2.23. The van der Waals surface area contributed by atoms with Crippen LogP contribution in [0.25, 0.3) is 0 Å². The van der Waals surface area contributed by atoms with Crippen LogP contribution in [-0.2, 0) is 6.54 Å². The van der Waals surface area contributed by atoms with Gasteiger partial charge < -0.3 is 10.6 Å². The van der Waals surface area contributed by atoms with E-state index in [-0.39, 0.29) is 0 Å². The highest BCUT2D eigenvalue weighted by molar-refractivity contribution is 7.80. The van der Waals surface area contributed by atoms with Crippen LogP contribution in [-0.4, -0.2) is 12.0 Å². The average Bonchev–Trinajstić information content (AvgIpc) is 2.38. The molecular formula is C16H17ClN2S. The van der Waals surface area contributed by atoms with Crippen molar-refractivity contribution in [2.24, 2.45) is 5.73 Å². The van der Waals surface area contributed by atoms with Crippen LogP contribution in [0, 0.1) is 6.92 Å². The Labute approximate surface area is 130 Å². The first-order chi connectivity index (χ1) is 9.47. The molecule has 0 saturated carbocycles. The molecule has 0 aliphatic carbocycles. The van der Waals surface area contributed by atoms with Gasteiger partial charge in [0, 0.05) is 29.9 Å². The highest BCUT2D eigenvalue weighted by Gasteiger charge is 2.10. The summed E-state index contributed by atoms with van der Waals surface area (Å²) < 4.78 is 0. The fourth-order valence-corrected chi connectivity index (χ4v) is 2.55. The smallest absolute Gasteiger partial charge is 0.106 e. The Balaban J connectivity index is 2.29. The number of halogens is 1. The summed E-state index contributed by atoms with van der Waals surface area (Å²) in [6.45, 7) is 2.78. The third-order valence-corrected chi connectivity index (χ3v) is 3.59. The van der Waals surface area contributed by atoms with Gasteiger partial charge in [-0.25, -0.2) is 0 Å². The van der Waals surface area contributed by atoms with E-state index in [1.54, 1.807) is 0 Å². The van der Waals surface area contributed by atoms with E-state index in [0.29, 0.717) is 4.99 Å². The average molecular weight is 305 g/mol. The van der Waals surface area contributed by atoms with Gasteiger partial charge in [0.05, 0.1) is 0 Å². The van der Waals surface area contributed by atoms with Gasteiger partial charge >= 0.3 is 0 Å². The zero-order chi connectivity index (χ0) is 14.7. The summed E-state index contributed by atoms with van der Waals surface area (Å²) >= 11 is 11.2. The van der Waals surface area contributed by atoms with E-state index in [2.05, 4.69) is 17.0 Å². The van der Waals surface area contributed by atoms with Gasteiger partial charge in [0.25, 0.3) is 0 Å². The summed E-state index contributed by atoms with van der Waals surface area (Å²) in [6, 6.07) is 14.0. The molecule has 104 valence electrons. The number of anilines is 1. The summed E-state index contributed by atoms with van der Waals surface area (Å²) in [7, 11) is 2.02. The zero-order valence-corrected chi connectivity index (χ0v) is 13.1. The number of hydrogen-bond donors (Lipinski definition) is 1. The Morgan fingerprint density at radius 1 is 1.25 bits per heavy atom. The Bertz CT molecular complexity index is 640. The predicted octanol–water partition coefficient (Wildman–Crippen LogP) is 3.92. The van der Waals surface area contributed by atoms with Crippen LogP contribution in [0.5, 0.6) is 0 Å². The lowest BCUT2D eigenvalue weighted by Gasteiger charge is -2.22. The van der Waals surface area contributed by atoms with Crippen LogP contribution < -0.4 is 10.6 Å². The van der Waals surface area contributed by atoms with E-state index < -0.39 is 0 Å². The Hall–Kier alpha value is -1.58. The summed E-state index contributed by atoms with van der Waals surface area (Å²) in [4.78, 5) is 2.54. The maximum atomic E-state index is 6.02. The van der Waals surface area contributed by atoms with Gasteiger partial charge in [0.2, 0.25) is 0 Å². The third kappa shape index (κ3) is 3.50. The number of thiocarbonyl (C=S) groups is 1. The van der Waals surface area contributed by atoms with Gasteiger partial charge in [-0.2, -0.15) is 0 Å². The van der Waals surface area contributed by atoms with Gasteiger partial charge in [0.15, 0.2) is 0 Å². The van der Waals surface area contributed by atoms with Crippen molar-refractivity contribution in [1.82, 2.24) is 0 Å². The molecule has 0 atom stereocenters. The van der Waals surface area contributed by atoms with E-state index in [0.717, 1.165) is 33.9 Å². The van der Waals surface area contributed by atoms with Crippen molar-refractivity contribution in [1.29, 1.82) is 0 Å². The van der Waals surface area contributed by atoms with Crippen molar-refractivity contribution in [3.8, 4) is 0 Å². The standard InChI is InChI=1S/C16H17ClN2S/c1-11-6-7-15(14(8-11)16(18)20)19(2)10-12-4-3-5-13(17)9-12/h3-9H,10H2,1-2H3,(H2,18,20). The second-order valence-electron chi connectivity index (χ2n) is 4.87. The minimum Gasteiger partial charge on any atom is -0.389 e. The fourth-order valence-electron chi connectivity index (χ4n) is 2.17.